The average molecular weight is 513 g/mol. The first-order valence-corrected chi connectivity index (χ1v) is 12.3. The lowest BCUT2D eigenvalue weighted by Crippen LogP contribution is -2.19. The molecule has 186 valence electrons. The van der Waals surface area contributed by atoms with Crippen molar-refractivity contribution in [3.63, 3.8) is 0 Å². The van der Waals surface area contributed by atoms with Crippen LogP contribution in [0.5, 0.6) is 0 Å². The Morgan fingerprint density at radius 1 is 0.917 bits per heavy atom. The van der Waals surface area contributed by atoms with E-state index in [1.807, 2.05) is 20.8 Å². The second kappa shape index (κ2) is 9.82. The summed E-state index contributed by atoms with van der Waals surface area (Å²) in [7, 11) is -4.93. The van der Waals surface area contributed by atoms with Gasteiger partial charge in [-0.05, 0) is 74.9 Å². The Hall–Kier alpha value is -4.19. The summed E-state index contributed by atoms with van der Waals surface area (Å²) in [6.45, 7) is 5.88. The number of benzene rings is 2. The SMILES string of the molecule is Cc1nn(-c2ccc(Nc3ccc(NC(=O)c4ccccc4S(=O)(=O)C(F)F)cc3)nn2)c(C)c1C. The molecule has 0 aliphatic heterocycles. The summed E-state index contributed by atoms with van der Waals surface area (Å²) in [5.41, 5.74) is 3.62. The van der Waals surface area contributed by atoms with Crippen LogP contribution in [0.25, 0.3) is 5.82 Å². The van der Waals surface area contributed by atoms with E-state index in [9.17, 15) is 22.0 Å². The monoisotopic (exact) mass is 512 g/mol. The molecular weight excluding hydrogens is 490 g/mol. The summed E-state index contributed by atoms with van der Waals surface area (Å²) in [5, 5.41) is 18.5. The molecule has 1 amide bonds. The van der Waals surface area contributed by atoms with Crippen molar-refractivity contribution < 1.29 is 22.0 Å². The molecule has 0 fully saturated rings. The number of alkyl halides is 2. The van der Waals surface area contributed by atoms with Crippen LogP contribution in [0.3, 0.4) is 0 Å². The van der Waals surface area contributed by atoms with Gasteiger partial charge < -0.3 is 10.6 Å². The van der Waals surface area contributed by atoms with Crippen LogP contribution in [-0.2, 0) is 9.84 Å². The van der Waals surface area contributed by atoms with Gasteiger partial charge in [-0.3, -0.25) is 4.79 Å². The van der Waals surface area contributed by atoms with E-state index in [0.29, 0.717) is 23.0 Å². The van der Waals surface area contributed by atoms with Gasteiger partial charge in [0.2, 0.25) is 9.84 Å². The number of sulfone groups is 1. The predicted molar refractivity (Wildman–Crippen MR) is 131 cm³/mol. The van der Waals surface area contributed by atoms with Crippen molar-refractivity contribution in [3.05, 3.63) is 83.2 Å². The normalized spacial score (nSPS) is 11.5. The third-order valence-electron chi connectivity index (χ3n) is 5.61. The number of rotatable bonds is 7. The van der Waals surface area contributed by atoms with E-state index >= 15 is 0 Å². The summed E-state index contributed by atoms with van der Waals surface area (Å²) in [6, 6.07) is 14.8. The molecule has 4 rings (SSSR count). The van der Waals surface area contributed by atoms with Gasteiger partial charge in [0, 0.05) is 17.1 Å². The van der Waals surface area contributed by atoms with Crippen molar-refractivity contribution in [1.29, 1.82) is 0 Å². The minimum absolute atomic E-state index is 0.344. The third-order valence-corrected chi connectivity index (χ3v) is 7.05. The number of nitrogens with zero attached hydrogens (tertiary/aromatic N) is 4. The standard InChI is InChI=1S/C24H22F2N6O3S/c1-14-15(2)31-32(16(14)3)22-13-12-21(29-30-22)27-17-8-10-18(11-9-17)28-23(33)19-6-4-5-7-20(19)36(34,35)24(25)26/h4-13,24H,1-3H3,(H,27,29)(H,28,33). The summed E-state index contributed by atoms with van der Waals surface area (Å²) in [6.07, 6.45) is 0. The van der Waals surface area contributed by atoms with Crippen molar-refractivity contribution >= 4 is 32.9 Å². The van der Waals surface area contributed by atoms with E-state index in [0.717, 1.165) is 23.0 Å². The molecule has 0 aliphatic carbocycles. The number of anilines is 3. The van der Waals surface area contributed by atoms with Crippen LogP contribution in [0.4, 0.5) is 26.0 Å². The lowest BCUT2D eigenvalue weighted by molar-refractivity contribution is 0.102. The molecule has 0 saturated carbocycles. The lowest BCUT2D eigenvalue weighted by Gasteiger charge is -2.11. The maximum atomic E-state index is 13.0. The molecule has 36 heavy (non-hydrogen) atoms. The molecule has 2 aromatic carbocycles. The second-order valence-corrected chi connectivity index (χ2v) is 9.83. The van der Waals surface area contributed by atoms with Gasteiger partial charge in [0.05, 0.1) is 16.2 Å². The van der Waals surface area contributed by atoms with Crippen LogP contribution in [0.15, 0.2) is 65.6 Å². The maximum Gasteiger partial charge on any atom is 0.341 e. The van der Waals surface area contributed by atoms with E-state index in [4.69, 9.17) is 0 Å². The first-order chi connectivity index (χ1) is 17.1. The van der Waals surface area contributed by atoms with E-state index in [2.05, 4.69) is 25.9 Å². The third kappa shape index (κ3) is 4.93. The Kier molecular flexibility index (Phi) is 6.80. The van der Waals surface area contributed by atoms with Crippen LogP contribution >= 0.6 is 0 Å². The minimum Gasteiger partial charge on any atom is -0.339 e. The Morgan fingerprint density at radius 3 is 2.17 bits per heavy atom. The first-order valence-electron chi connectivity index (χ1n) is 10.7. The zero-order chi connectivity index (χ0) is 26.0. The Labute approximate surface area is 206 Å². The lowest BCUT2D eigenvalue weighted by atomic mass is 10.2. The van der Waals surface area contributed by atoms with Gasteiger partial charge in [-0.2, -0.15) is 13.9 Å². The second-order valence-electron chi connectivity index (χ2n) is 7.94. The van der Waals surface area contributed by atoms with Gasteiger partial charge in [-0.25, -0.2) is 13.1 Å². The zero-order valence-electron chi connectivity index (χ0n) is 19.5. The van der Waals surface area contributed by atoms with Crippen LogP contribution in [0.1, 0.15) is 27.3 Å². The van der Waals surface area contributed by atoms with Gasteiger partial charge in [0.1, 0.15) is 0 Å². The highest BCUT2D eigenvalue weighted by Crippen LogP contribution is 2.24. The van der Waals surface area contributed by atoms with Crippen LogP contribution in [0, 0.1) is 20.8 Å². The molecule has 4 aromatic rings. The van der Waals surface area contributed by atoms with Crippen molar-refractivity contribution in [1.82, 2.24) is 20.0 Å². The molecule has 0 spiro atoms. The number of aryl methyl sites for hydroxylation is 1. The van der Waals surface area contributed by atoms with Gasteiger partial charge in [-0.15, -0.1) is 10.2 Å². The molecule has 2 N–H and O–H groups in total. The number of aromatic nitrogens is 4. The van der Waals surface area contributed by atoms with Gasteiger partial charge >= 0.3 is 5.76 Å². The quantitative estimate of drug-likeness (QED) is 0.372. The molecular formula is C24H22F2N6O3S. The highest BCUT2D eigenvalue weighted by molar-refractivity contribution is 7.91. The highest BCUT2D eigenvalue weighted by Gasteiger charge is 2.30. The van der Waals surface area contributed by atoms with E-state index in [1.165, 1.54) is 18.2 Å². The number of carbonyl (C=O) groups is 1. The molecule has 9 nitrogen and oxygen atoms in total. The summed E-state index contributed by atoms with van der Waals surface area (Å²) in [4.78, 5) is 11.9. The number of amides is 1. The Bertz CT molecular complexity index is 1520. The minimum atomic E-state index is -4.93. The summed E-state index contributed by atoms with van der Waals surface area (Å²) >= 11 is 0. The van der Waals surface area contributed by atoms with Crippen LogP contribution in [-0.4, -0.2) is 40.1 Å². The van der Waals surface area contributed by atoms with Gasteiger partial charge in [0.25, 0.3) is 5.91 Å². The smallest absolute Gasteiger partial charge is 0.339 e. The fourth-order valence-corrected chi connectivity index (χ4v) is 4.36. The fraction of sp³-hybridized carbons (Fsp3) is 0.167. The number of hydrogen-bond acceptors (Lipinski definition) is 7. The number of hydrogen-bond donors (Lipinski definition) is 2. The number of carbonyl (C=O) groups excluding carboxylic acids is 1. The fourth-order valence-electron chi connectivity index (χ4n) is 3.43. The van der Waals surface area contributed by atoms with Crippen LogP contribution < -0.4 is 10.6 Å². The van der Waals surface area contributed by atoms with Crippen molar-refractivity contribution in [2.24, 2.45) is 0 Å². The van der Waals surface area contributed by atoms with Crippen molar-refractivity contribution in [2.45, 2.75) is 31.4 Å². The van der Waals surface area contributed by atoms with E-state index < -0.39 is 26.4 Å². The molecule has 12 heteroatoms. The Balaban J connectivity index is 1.45. The molecule has 0 bridgehead atoms. The van der Waals surface area contributed by atoms with E-state index in [-0.39, 0.29) is 5.56 Å². The van der Waals surface area contributed by atoms with Crippen LogP contribution in [0.2, 0.25) is 0 Å². The summed E-state index contributed by atoms with van der Waals surface area (Å²) in [5.74, 6) is -3.39. The van der Waals surface area contributed by atoms with Gasteiger partial charge in [-0.1, -0.05) is 12.1 Å². The van der Waals surface area contributed by atoms with Gasteiger partial charge in [0.15, 0.2) is 11.6 Å². The predicted octanol–water partition coefficient (Wildman–Crippen LogP) is 4.58. The average Bonchev–Trinajstić information content (AvgIpc) is 3.12. The van der Waals surface area contributed by atoms with Crippen molar-refractivity contribution in [2.75, 3.05) is 10.6 Å². The molecule has 2 heterocycles. The topological polar surface area (TPSA) is 119 Å². The summed E-state index contributed by atoms with van der Waals surface area (Å²) < 4.78 is 51.5. The largest absolute Gasteiger partial charge is 0.341 e. The zero-order valence-corrected chi connectivity index (χ0v) is 20.3. The highest BCUT2D eigenvalue weighted by atomic mass is 32.2. The number of halogens is 2. The molecule has 2 aromatic heterocycles. The molecule has 0 saturated heterocycles. The van der Waals surface area contributed by atoms with E-state index in [1.54, 1.807) is 41.1 Å². The first kappa shape index (κ1) is 24.9. The molecule has 0 radical (unpaired) electrons. The molecule has 0 aliphatic rings. The Morgan fingerprint density at radius 2 is 1.58 bits per heavy atom. The molecule has 0 atom stereocenters. The maximum absolute atomic E-state index is 13.0. The number of nitrogens with one attached hydrogen (secondary N) is 2. The van der Waals surface area contributed by atoms with Crippen molar-refractivity contribution in [3.8, 4) is 5.82 Å². The molecule has 0 unspecified atom stereocenters.